The Hall–Kier alpha value is -1.54. The van der Waals surface area contributed by atoms with E-state index in [0.29, 0.717) is 13.2 Å². The third-order valence-electron chi connectivity index (χ3n) is 1.88. The Bertz CT molecular complexity index is 269. The molecule has 16 heavy (non-hydrogen) atoms. The zero-order valence-electron chi connectivity index (χ0n) is 9.88. The lowest BCUT2D eigenvalue weighted by molar-refractivity contribution is -0.117. The highest BCUT2D eigenvalue weighted by molar-refractivity contribution is 5.97. The van der Waals surface area contributed by atoms with Gasteiger partial charge in [-0.3, -0.25) is 4.79 Å². The zero-order chi connectivity index (χ0) is 12.2. The molecule has 0 aromatic carbocycles. The van der Waals surface area contributed by atoms with Crippen molar-refractivity contribution in [3.8, 4) is 6.07 Å². The SMILES string of the molecule is CCCCN/C=C(/C#N)C(=O)NCCOC. The first-order valence-corrected chi connectivity index (χ1v) is 5.37. The number of carbonyl (C=O) groups is 1. The van der Waals surface area contributed by atoms with Crippen molar-refractivity contribution in [3.05, 3.63) is 11.8 Å². The monoisotopic (exact) mass is 225 g/mol. The van der Waals surface area contributed by atoms with Gasteiger partial charge in [0.1, 0.15) is 11.6 Å². The van der Waals surface area contributed by atoms with Gasteiger partial charge in [-0.2, -0.15) is 5.26 Å². The molecule has 0 aromatic rings. The number of carbonyl (C=O) groups excluding carboxylic acids is 1. The molecule has 0 radical (unpaired) electrons. The van der Waals surface area contributed by atoms with Crippen LogP contribution in [0.15, 0.2) is 11.8 Å². The van der Waals surface area contributed by atoms with E-state index in [1.807, 2.05) is 6.07 Å². The largest absolute Gasteiger partial charge is 0.390 e. The normalized spacial score (nSPS) is 10.7. The molecule has 0 unspecified atom stereocenters. The van der Waals surface area contributed by atoms with E-state index in [2.05, 4.69) is 17.6 Å². The Labute approximate surface area is 96.5 Å². The van der Waals surface area contributed by atoms with Crippen LogP contribution in [0.4, 0.5) is 0 Å². The van der Waals surface area contributed by atoms with Gasteiger partial charge in [-0.1, -0.05) is 13.3 Å². The average Bonchev–Trinajstić information content (AvgIpc) is 2.29. The van der Waals surface area contributed by atoms with Crippen LogP contribution in [0.2, 0.25) is 0 Å². The van der Waals surface area contributed by atoms with Crippen LogP contribution in [0, 0.1) is 11.3 Å². The van der Waals surface area contributed by atoms with Crippen molar-refractivity contribution in [3.63, 3.8) is 0 Å². The van der Waals surface area contributed by atoms with E-state index in [9.17, 15) is 4.79 Å². The van der Waals surface area contributed by atoms with E-state index in [0.717, 1.165) is 19.4 Å². The molecular weight excluding hydrogens is 206 g/mol. The Morgan fingerprint density at radius 3 is 2.81 bits per heavy atom. The summed E-state index contributed by atoms with van der Waals surface area (Å²) in [5, 5.41) is 14.3. The Kier molecular flexibility index (Phi) is 9.03. The van der Waals surface area contributed by atoms with Crippen molar-refractivity contribution in [1.82, 2.24) is 10.6 Å². The molecule has 1 amide bonds. The van der Waals surface area contributed by atoms with Crippen molar-refractivity contribution < 1.29 is 9.53 Å². The van der Waals surface area contributed by atoms with Gasteiger partial charge < -0.3 is 15.4 Å². The first-order valence-electron chi connectivity index (χ1n) is 5.37. The summed E-state index contributed by atoms with van der Waals surface area (Å²) in [6.45, 7) is 3.69. The van der Waals surface area contributed by atoms with Gasteiger partial charge in [0.2, 0.25) is 0 Å². The van der Waals surface area contributed by atoms with E-state index in [1.54, 1.807) is 7.11 Å². The highest BCUT2D eigenvalue weighted by Gasteiger charge is 2.06. The van der Waals surface area contributed by atoms with Gasteiger partial charge in [-0.15, -0.1) is 0 Å². The number of nitrogens with zero attached hydrogens (tertiary/aromatic N) is 1. The number of rotatable bonds is 8. The van der Waals surface area contributed by atoms with E-state index < -0.39 is 0 Å². The number of ether oxygens (including phenoxy) is 1. The van der Waals surface area contributed by atoms with Crippen molar-refractivity contribution >= 4 is 5.91 Å². The highest BCUT2D eigenvalue weighted by atomic mass is 16.5. The molecule has 0 aliphatic carbocycles. The fourth-order valence-electron chi connectivity index (χ4n) is 0.964. The third-order valence-corrected chi connectivity index (χ3v) is 1.88. The molecule has 90 valence electrons. The number of nitriles is 1. The number of hydrogen-bond donors (Lipinski definition) is 2. The molecule has 5 nitrogen and oxygen atoms in total. The van der Waals surface area contributed by atoms with Crippen LogP contribution < -0.4 is 10.6 Å². The summed E-state index contributed by atoms with van der Waals surface area (Å²) >= 11 is 0. The van der Waals surface area contributed by atoms with Gasteiger partial charge in [0, 0.05) is 26.4 Å². The molecule has 0 saturated carbocycles. The number of hydrogen-bond acceptors (Lipinski definition) is 4. The smallest absolute Gasteiger partial charge is 0.263 e. The second-order valence-corrected chi connectivity index (χ2v) is 3.23. The van der Waals surface area contributed by atoms with Crippen LogP contribution in [0.1, 0.15) is 19.8 Å². The predicted molar refractivity (Wildman–Crippen MR) is 61.5 cm³/mol. The van der Waals surface area contributed by atoms with Crippen LogP contribution in [0.25, 0.3) is 0 Å². The summed E-state index contributed by atoms with van der Waals surface area (Å²) < 4.78 is 4.79. The van der Waals surface area contributed by atoms with Gasteiger partial charge in [-0.05, 0) is 6.42 Å². The summed E-state index contributed by atoms with van der Waals surface area (Å²) in [7, 11) is 1.56. The summed E-state index contributed by atoms with van der Waals surface area (Å²) in [5.74, 6) is -0.372. The minimum atomic E-state index is -0.372. The Balaban J connectivity index is 3.96. The lowest BCUT2D eigenvalue weighted by Gasteiger charge is -2.03. The molecule has 0 aliphatic rings. The van der Waals surface area contributed by atoms with Crippen molar-refractivity contribution in [2.75, 3.05) is 26.8 Å². The van der Waals surface area contributed by atoms with Crippen LogP contribution in [-0.2, 0) is 9.53 Å². The van der Waals surface area contributed by atoms with Gasteiger partial charge in [-0.25, -0.2) is 0 Å². The maximum absolute atomic E-state index is 11.4. The average molecular weight is 225 g/mol. The highest BCUT2D eigenvalue weighted by Crippen LogP contribution is 1.91. The second kappa shape index (κ2) is 9.99. The number of unbranched alkanes of at least 4 members (excludes halogenated alkanes) is 1. The molecule has 0 fully saturated rings. The summed E-state index contributed by atoms with van der Waals surface area (Å²) in [4.78, 5) is 11.4. The van der Waals surface area contributed by atoms with Gasteiger partial charge in [0.25, 0.3) is 5.91 Å². The topological polar surface area (TPSA) is 74.2 Å². The van der Waals surface area contributed by atoms with Gasteiger partial charge >= 0.3 is 0 Å². The number of nitrogens with one attached hydrogen (secondary N) is 2. The molecule has 0 heterocycles. The van der Waals surface area contributed by atoms with E-state index in [1.165, 1.54) is 6.20 Å². The van der Waals surface area contributed by atoms with Crippen LogP contribution in [0.5, 0.6) is 0 Å². The number of methoxy groups -OCH3 is 1. The van der Waals surface area contributed by atoms with Crippen molar-refractivity contribution in [1.29, 1.82) is 5.26 Å². The molecular formula is C11H19N3O2. The minimum absolute atomic E-state index is 0.0900. The second-order valence-electron chi connectivity index (χ2n) is 3.23. The molecule has 0 aliphatic heterocycles. The molecule has 0 atom stereocenters. The molecule has 5 heteroatoms. The quantitative estimate of drug-likeness (QED) is 0.359. The molecule has 0 spiro atoms. The standard InChI is InChI=1S/C11H19N3O2/c1-3-4-5-13-9-10(8-12)11(15)14-6-7-16-2/h9,13H,3-7H2,1-2H3,(H,14,15)/b10-9-. The third kappa shape index (κ3) is 6.85. The van der Waals surface area contributed by atoms with Crippen LogP contribution in [0.3, 0.4) is 0 Å². The Morgan fingerprint density at radius 2 is 2.25 bits per heavy atom. The first kappa shape index (κ1) is 14.5. The van der Waals surface area contributed by atoms with Gasteiger partial charge in [0.15, 0.2) is 0 Å². The predicted octanol–water partition coefficient (Wildman–Crippen LogP) is 0.546. The lowest BCUT2D eigenvalue weighted by atomic mass is 10.3. The van der Waals surface area contributed by atoms with Gasteiger partial charge in [0.05, 0.1) is 6.61 Å². The molecule has 0 aromatic heterocycles. The van der Waals surface area contributed by atoms with E-state index in [4.69, 9.17) is 10.00 Å². The summed E-state index contributed by atoms with van der Waals surface area (Å²) in [6, 6.07) is 1.85. The zero-order valence-corrected chi connectivity index (χ0v) is 9.88. The lowest BCUT2D eigenvalue weighted by Crippen LogP contribution is -2.28. The summed E-state index contributed by atoms with van der Waals surface area (Å²) in [5.41, 5.74) is 0.0900. The first-order chi connectivity index (χ1) is 7.76. The molecule has 0 saturated heterocycles. The van der Waals surface area contributed by atoms with Crippen LogP contribution >= 0.6 is 0 Å². The minimum Gasteiger partial charge on any atom is -0.390 e. The maximum atomic E-state index is 11.4. The maximum Gasteiger partial charge on any atom is 0.263 e. The van der Waals surface area contributed by atoms with E-state index >= 15 is 0 Å². The molecule has 0 rings (SSSR count). The van der Waals surface area contributed by atoms with E-state index in [-0.39, 0.29) is 11.5 Å². The summed E-state index contributed by atoms with van der Waals surface area (Å²) in [6.07, 6.45) is 3.54. The Morgan fingerprint density at radius 1 is 1.50 bits per heavy atom. The number of amides is 1. The van der Waals surface area contributed by atoms with Crippen molar-refractivity contribution in [2.45, 2.75) is 19.8 Å². The van der Waals surface area contributed by atoms with Crippen molar-refractivity contribution in [2.24, 2.45) is 0 Å². The molecule has 0 bridgehead atoms. The fraction of sp³-hybridized carbons (Fsp3) is 0.636. The fourth-order valence-corrected chi connectivity index (χ4v) is 0.964. The van der Waals surface area contributed by atoms with Crippen LogP contribution in [-0.4, -0.2) is 32.7 Å². The molecule has 2 N–H and O–H groups in total.